The van der Waals surface area contributed by atoms with Crippen molar-refractivity contribution in [2.45, 2.75) is 13.8 Å². The normalized spacial score (nSPS) is 11.5. The van der Waals surface area contributed by atoms with E-state index in [0.29, 0.717) is 10.9 Å². The molecule has 0 N–H and O–H groups in total. The van der Waals surface area contributed by atoms with Gasteiger partial charge >= 0.3 is 0 Å². The Morgan fingerprint density at radius 2 is 2.15 bits per heavy atom. The van der Waals surface area contributed by atoms with E-state index in [1.807, 2.05) is 25.1 Å². The molecule has 1 rings (SSSR count). The summed E-state index contributed by atoms with van der Waals surface area (Å²) >= 11 is 5.96. The summed E-state index contributed by atoms with van der Waals surface area (Å²) in [6.45, 7) is 7.14. The number of hydrogen-bond donors (Lipinski definition) is 0. The lowest BCUT2D eigenvalue weighted by Gasteiger charge is -2.02. The van der Waals surface area contributed by atoms with Gasteiger partial charge in [-0.1, -0.05) is 23.7 Å². The third kappa shape index (κ3) is 2.39. The summed E-state index contributed by atoms with van der Waals surface area (Å²) < 4.78 is 0. The summed E-state index contributed by atoms with van der Waals surface area (Å²) in [4.78, 5) is 7.94. The third-order valence-electron chi connectivity index (χ3n) is 1.69. The van der Waals surface area contributed by atoms with Crippen LogP contribution in [0.5, 0.6) is 0 Å². The number of rotatable bonds is 1. The number of nitrogens with zero attached hydrogens (tertiary/aromatic N) is 2. The molecule has 1 aromatic carbocycles. The Balaban J connectivity index is 3.21. The zero-order valence-electron chi connectivity index (χ0n) is 7.71. The molecule has 0 saturated carbocycles. The first-order valence-corrected chi connectivity index (χ1v) is 4.30. The van der Waals surface area contributed by atoms with Gasteiger partial charge in [-0.2, -0.15) is 0 Å². The third-order valence-corrected chi connectivity index (χ3v) is 2.00. The largest absolute Gasteiger partial charge is 0.250 e. The molecule has 0 radical (unpaired) electrons. The molecule has 0 aliphatic carbocycles. The second-order valence-electron chi connectivity index (χ2n) is 2.72. The van der Waals surface area contributed by atoms with Crippen LogP contribution in [0.15, 0.2) is 28.2 Å². The van der Waals surface area contributed by atoms with E-state index in [2.05, 4.69) is 16.7 Å². The molecule has 0 aromatic heterocycles. The van der Waals surface area contributed by atoms with Crippen molar-refractivity contribution >= 4 is 29.8 Å². The van der Waals surface area contributed by atoms with E-state index in [-0.39, 0.29) is 0 Å². The van der Waals surface area contributed by atoms with Gasteiger partial charge in [0.05, 0.1) is 10.7 Å². The van der Waals surface area contributed by atoms with E-state index in [1.165, 1.54) is 0 Å². The molecule has 0 amide bonds. The predicted molar refractivity (Wildman–Crippen MR) is 58.5 cm³/mol. The molecule has 0 heterocycles. The minimum atomic E-state index is 0.621. The van der Waals surface area contributed by atoms with E-state index in [1.54, 1.807) is 6.92 Å². The lowest BCUT2D eigenvalue weighted by atomic mass is 10.2. The van der Waals surface area contributed by atoms with Crippen molar-refractivity contribution in [3.8, 4) is 0 Å². The van der Waals surface area contributed by atoms with Crippen molar-refractivity contribution in [2.24, 2.45) is 9.98 Å². The molecule has 68 valence electrons. The highest BCUT2D eigenvalue weighted by Gasteiger charge is 2.01. The summed E-state index contributed by atoms with van der Waals surface area (Å²) in [6.07, 6.45) is 0. The molecular weight excluding hydrogens is 184 g/mol. The van der Waals surface area contributed by atoms with E-state index < -0.39 is 0 Å². The van der Waals surface area contributed by atoms with Gasteiger partial charge < -0.3 is 0 Å². The predicted octanol–water partition coefficient (Wildman–Crippen LogP) is 3.40. The van der Waals surface area contributed by atoms with Crippen LogP contribution >= 0.6 is 11.6 Å². The van der Waals surface area contributed by atoms with Crippen molar-refractivity contribution < 1.29 is 0 Å². The monoisotopic (exact) mass is 194 g/mol. The second-order valence-corrected chi connectivity index (χ2v) is 3.13. The number of amidine groups is 1. The van der Waals surface area contributed by atoms with Crippen LogP contribution in [0, 0.1) is 6.92 Å². The van der Waals surface area contributed by atoms with E-state index in [0.717, 1.165) is 11.3 Å². The molecule has 3 heteroatoms. The van der Waals surface area contributed by atoms with Crippen LogP contribution < -0.4 is 0 Å². The van der Waals surface area contributed by atoms with Gasteiger partial charge in [-0.05, 0) is 32.2 Å². The van der Waals surface area contributed by atoms with Gasteiger partial charge in [0, 0.05) is 0 Å². The molecule has 0 spiro atoms. The Hall–Kier alpha value is -1.15. The zero-order valence-corrected chi connectivity index (χ0v) is 8.47. The summed E-state index contributed by atoms with van der Waals surface area (Å²) in [5.41, 5.74) is 1.81. The van der Waals surface area contributed by atoms with Crippen LogP contribution in [0.1, 0.15) is 12.5 Å². The molecular formula is C10H11ClN2. The Kier molecular flexibility index (Phi) is 3.20. The van der Waals surface area contributed by atoms with Gasteiger partial charge in [0.2, 0.25) is 0 Å². The van der Waals surface area contributed by atoms with Gasteiger partial charge in [0.1, 0.15) is 5.84 Å². The number of aryl methyl sites for hydroxylation is 1. The maximum absolute atomic E-state index is 5.96. The highest BCUT2D eigenvalue weighted by molar-refractivity contribution is 6.33. The highest BCUT2D eigenvalue weighted by Crippen LogP contribution is 2.28. The summed E-state index contributed by atoms with van der Waals surface area (Å²) in [5, 5.41) is 0.642. The van der Waals surface area contributed by atoms with Crippen molar-refractivity contribution in [3.63, 3.8) is 0 Å². The van der Waals surface area contributed by atoms with Gasteiger partial charge in [-0.25, -0.2) is 9.98 Å². The minimum absolute atomic E-state index is 0.621. The molecule has 1 aromatic rings. The lowest BCUT2D eigenvalue weighted by Crippen LogP contribution is -1.84. The molecule has 0 saturated heterocycles. The number of aliphatic imine (C=N–C) groups is 2. The van der Waals surface area contributed by atoms with Gasteiger partial charge in [0.15, 0.2) is 0 Å². The fourth-order valence-electron chi connectivity index (χ4n) is 0.962. The van der Waals surface area contributed by atoms with Gasteiger partial charge in [-0.3, -0.25) is 0 Å². The molecule has 0 aliphatic rings. The summed E-state index contributed by atoms with van der Waals surface area (Å²) in [7, 11) is 0. The van der Waals surface area contributed by atoms with Crippen LogP contribution in [0.3, 0.4) is 0 Å². The van der Waals surface area contributed by atoms with E-state index >= 15 is 0 Å². The Bertz CT molecular complexity index is 336. The highest BCUT2D eigenvalue weighted by atomic mass is 35.5. The average molecular weight is 195 g/mol. The maximum atomic E-state index is 5.96. The molecule has 0 atom stereocenters. The average Bonchev–Trinajstić information content (AvgIpc) is 2.11. The SMILES string of the molecule is C=NC(C)=Nc1c(C)cccc1Cl. The number of para-hydroxylation sites is 1. The number of hydrogen-bond acceptors (Lipinski definition) is 1. The van der Waals surface area contributed by atoms with Crippen molar-refractivity contribution in [1.82, 2.24) is 0 Å². The first-order chi connectivity index (χ1) is 6.15. The Morgan fingerprint density at radius 1 is 1.46 bits per heavy atom. The van der Waals surface area contributed by atoms with Crippen LogP contribution in [-0.2, 0) is 0 Å². The van der Waals surface area contributed by atoms with Crippen LogP contribution in [0.4, 0.5) is 5.69 Å². The molecule has 0 unspecified atom stereocenters. The Morgan fingerprint density at radius 3 is 2.69 bits per heavy atom. The van der Waals surface area contributed by atoms with Crippen molar-refractivity contribution in [2.75, 3.05) is 0 Å². The molecule has 0 aliphatic heterocycles. The topological polar surface area (TPSA) is 24.7 Å². The second kappa shape index (κ2) is 4.19. The number of benzene rings is 1. The fraction of sp³-hybridized carbons (Fsp3) is 0.200. The fourth-order valence-corrected chi connectivity index (χ4v) is 1.23. The Labute approximate surface area is 83.0 Å². The van der Waals surface area contributed by atoms with Crippen LogP contribution in [-0.4, -0.2) is 12.6 Å². The minimum Gasteiger partial charge on any atom is -0.250 e. The van der Waals surface area contributed by atoms with Gasteiger partial charge in [-0.15, -0.1) is 0 Å². The number of halogens is 1. The first-order valence-electron chi connectivity index (χ1n) is 3.92. The quantitative estimate of drug-likeness (QED) is 0.484. The van der Waals surface area contributed by atoms with Crippen molar-refractivity contribution in [3.05, 3.63) is 28.8 Å². The van der Waals surface area contributed by atoms with Gasteiger partial charge in [0.25, 0.3) is 0 Å². The van der Waals surface area contributed by atoms with E-state index in [4.69, 9.17) is 11.6 Å². The summed E-state index contributed by atoms with van der Waals surface area (Å²) in [5.74, 6) is 0.621. The summed E-state index contributed by atoms with van der Waals surface area (Å²) in [6, 6.07) is 5.66. The molecule has 0 fully saturated rings. The smallest absolute Gasteiger partial charge is 0.125 e. The molecule has 2 nitrogen and oxygen atoms in total. The molecule has 0 bridgehead atoms. The van der Waals surface area contributed by atoms with Crippen LogP contribution in [0.2, 0.25) is 5.02 Å². The van der Waals surface area contributed by atoms with Crippen LogP contribution in [0.25, 0.3) is 0 Å². The molecule has 13 heavy (non-hydrogen) atoms. The first kappa shape index (κ1) is 9.93. The maximum Gasteiger partial charge on any atom is 0.125 e. The lowest BCUT2D eigenvalue weighted by molar-refractivity contribution is 1.37. The van der Waals surface area contributed by atoms with E-state index in [9.17, 15) is 0 Å². The standard InChI is InChI=1S/C10H11ClN2/c1-7-5-4-6-9(11)10(7)13-8(2)12-3/h4-6H,3H2,1-2H3. The van der Waals surface area contributed by atoms with Crippen molar-refractivity contribution in [1.29, 1.82) is 0 Å². The zero-order chi connectivity index (χ0) is 9.84.